The van der Waals surface area contributed by atoms with E-state index in [4.69, 9.17) is 0 Å². The molecule has 1 heterocycles. The molecule has 1 aliphatic rings. The van der Waals surface area contributed by atoms with Crippen LogP contribution in [0.25, 0.3) is 0 Å². The summed E-state index contributed by atoms with van der Waals surface area (Å²) < 4.78 is 0. The van der Waals surface area contributed by atoms with E-state index in [1.165, 1.54) is 10.4 Å². The number of hydrogen-bond donors (Lipinski definition) is 0. The second-order valence-corrected chi connectivity index (χ2v) is 6.68. The summed E-state index contributed by atoms with van der Waals surface area (Å²) in [6.07, 6.45) is 4.30. The normalized spacial score (nSPS) is 17.5. The van der Waals surface area contributed by atoms with Crippen LogP contribution in [0.4, 0.5) is 0 Å². The summed E-state index contributed by atoms with van der Waals surface area (Å²) in [4.78, 5) is 15.1. The molecule has 1 nitrogen and oxygen atoms in total. The average molecular weight is 270 g/mol. The van der Waals surface area contributed by atoms with Crippen molar-refractivity contribution in [2.24, 2.45) is 0 Å². The third kappa shape index (κ3) is 2.14. The summed E-state index contributed by atoms with van der Waals surface area (Å²) in [6.45, 7) is 2.06. The first-order chi connectivity index (χ1) is 9.22. The maximum Gasteiger partial charge on any atom is 0.183 e. The minimum atomic E-state index is -0.265. The Morgan fingerprint density at radius 2 is 1.74 bits per heavy atom. The third-order valence-electron chi connectivity index (χ3n) is 4.18. The predicted molar refractivity (Wildman–Crippen MR) is 80.0 cm³/mol. The molecule has 1 aromatic heterocycles. The Morgan fingerprint density at radius 3 is 2.32 bits per heavy atom. The third-order valence-corrected chi connectivity index (χ3v) is 5.18. The van der Waals surface area contributed by atoms with Gasteiger partial charge in [0.05, 0.1) is 10.3 Å². The molecule has 1 aliphatic carbocycles. The summed E-state index contributed by atoms with van der Waals surface area (Å²) >= 11 is 1.63. The van der Waals surface area contributed by atoms with E-state index >= 15 is 0 Å². The number of hydrogen-bond acceptors (Lipinski definition) is 2. The largest absolute Gasteiger partial charge is 0.292 e. The van der Waals surface area contributed by atoms with Gasteiger partial charge < -0.3 is 0 Å². The average Bonchev–Trinajstić information content (AvgIpc) is 3.08. The molecule has 0 bridgehead atoms. The second kappa shape index (κ2) is 4.93. The summed E-state index contributed by atoms with van der Waals surface area (Å²) in [5.74, 6) is 0.328. The molecule has 1 aromatic carbocycles. The molecular weight excluding hydrogens is 252 g/mol. The monoisotopic (exact) mass is 270 g/mol. The molecule has 0 amide bonds. The topological polar surface area (TPSA) is 17.1 Å². The molecule has 0 N–H and O–H groups in total. The lowest BCUT2D eigenvalue weighted by atomic mass is 9.75. The minimum Gasteiger partial charge on any atom is -0.292 e. The standard InChI is InChI=1S/C17H18OS/c1-13-9-10-15(19-13)16(18)17(11-5-6-12-17)14-7-3-2-4-8-14/h2-4,7-10H,5-6,11-12H2,1H3. The number of ketones is 1. The van der Waals surface area contributed by atoms with Crippen molar-refractivity contribution in [3.05, 3.63) is 57.8 Å². The molecule has 2 aromatic rings. The van der Waals surface area contributed by atoms with Crippen LogP contribution in [0.15, 0.2) is 42.5 Å². The first-order valence-corrected chi connectivity index (χ1v) is 7.71. The van der Waals surface area contributed by atoms with Gasteiger partial charge in [-0.25, -0.2) is 0 Å². The maximum atomic E-state index is 13.0. The highest BCUT2D eigenvalue weighted by molar-refractivity contribution is 7.14. The fraction of sp³-hybridized carbons (Fsp3) is 0.353. The molecule has 0 unspecified atom stereocenters. The van der Waals surface area contributed by atoms with Crippen LogP contribution >= 0.6 is 11.3 Å². The van der Waals surface area contributed by atoms with Gasteiger partial charge in [0.2, 0.25) is 0 Å². The Kier molecular flexibility index (Phi) is 3.28. The van der Waals surface area contributed by atoms with E-state index in [1.807, 2.05) is 30.3 Å². The Bertz CT molecular complexity index is 576. The predicted octanol–water partition coefficient (Wildman–Crippen LogP) is 4.75. The van der Waals surface area contributed by atoms with E-state index in [0.29, 0.717) is 5.78 Å². The fourth-order valence-corrected chi connectivity index (χ4v) is 4.08. The van der Waals surface area contributed by atoms with Gasteiger partial charge in [-0.15, -0.1) is 11.3 Å². The van der Waals surface area contributed by atoms with Gasteiger partial charge in [0.15, 0.2) is 5.78 Å². The van der Waals surface area contributed by atoms with E-state index in [2.05, 4.69) is 19.1 Å². The first kappa shape index (κ1) is 12.6. The summed E-state index contributed by atoms with van der Waals surface area (Å²) in [7, 11) is 0. The van der Waals surface area contributed by atoms with Gasteiger partial charge in [-0.3, -0.25) is 4.79 Å². The van der Waals surface area contributed by atoms with Gasteiger partial charge in [-0.05, 0) is 37.5 Å². The number of Topliss-reactive ketones (excluding diaryl/α,β-unsaturated/α-hetero) is 1. The van der Waals surface area contributed by atoms with Crippen molar-refractivity contribution < 1.29 is 4.79 Å². The molecule has 2 heteroatoms. The van der Waals surface area contributed by atoms with Crippen LogP contribution in [0.2, 0.25) is 0 Å². The molecule has 0 spiro atoms. The van der Waals surface area contributed by atoms with Crippen molar-refractivity contribution in [3.8, 4) is 0 Å². The Balaban J connectivity index is 2.04. The van der Waals surface area contributed by atoms with Crippen LogP contribution < -0.4 is 0 Å². The molecule has 19 heavy (non-hydrogen) atoms. The summed E-state index contributed by atoms with van der Waals surface area (Å²) in [6, 6.07) is 14.4. The van der Waals surface area contributed by atoms with Gasteiger partial charge in [-0.1, -0.05) is 43.2 Å². The maximum absolute atomic E-state index is 13.0. The van der Waals surface area contributed by atoms with Crippen molar-refractivity contribution in [1.29, 1.82) is 0 Å². The van der Waals surface area contributed by atoms with Crippen molar-refractivity contribution in [2.45, 2.75) is 38.0 Å². The SMILES string of the molecule is Cc1ccc(C(=O)C2(c3ccccc3)CCCC2)s1. The molecule has 3 rings (SSSR count). The van der Waals surface area contributed by atoms with Crippen molar-refractivity contribution in [2.75, 3.05) is 0 Å². The van der Waals surface area contributed by atoms with E-state index in [9.17, 15) is 4.79 Å². The zero-order valence-corrected chi connectivity index (χ0v) is 12.0. The molecule has 0 saturated heterocycles. The Labute approximate surface area is 118 Å². The highest BCUT2D eigenvalue weighted by Gasteiger charge is 2.43. The second-order valence-electron chi connectivity index (χ2n) is 5.39. The smallest absolute Gasteiger partial charge is 0.183 e. The number of aryl methyl sites for hydroxylation is 1. The molecular formula is C17H18OS. The quantitative estimate of drug-likeness (QED) is 0.735. The van der Waals surface area contributed by atoms with Gasteiger partial charge in [0.1, 0.15) is 0 Å². The number of carbonyl (C=O) groups is 1. The molecule has 0 radical (unpaired) electrons. The summed E-state index contributed by atoms with van der Waals surface area (Å²) in [5.41, 5.74) is 0.932. The van der Waals surface area contributed by atoms with E-state index in [-0.39, 0.29) is 5.41 Å². The molecule has 0 aliphatic heterocycles. The zero-order chi connectivity index (χ0) is 13.3. The molecule has 1 fully saturated rings. The highest BCUT2D eigenvalue weighted by atomic mass is 32.1. The number of benzene rings is 1. The minimum absolute atomic E-state index is 0.265. The van der Waals surface area contributed by atoms with Crippen LogP contribution in [0.5, 0.6) is 0 Å². The Hall–Kier alpha value is -1.41. The fourth-order valence-electron chi connectivity index (χ4n) is 3.17. The van der Waals surface area contributed by atoms with E-state index < -0.39 is 0 Å². The van der Waals surface area contributed by atoms with Crippen LogP contribution in [0.3, 0.4) is 0 Å². The van der Waals surface area contributed by atoms with Gasteiger partial charge in [-0.2, -0.15) is 0 Å². The van der Waals surface area contributed by atoms with E-state index in [1.54, 1.807) is 11.3 Å². The van der Waals surface area contributed by atoms with Gasteiger partial charge in [0.25, 0.3) is 0 Å². The van der Waals surface area contributed by atoms with Crippen LogP contribution in [-0.4, -0.2) is 5.78 Å². The Morgan fingerprint density at radius 1 is 1.05 bits per heavy atom. The van der Waals surface area contributed by atoms with Gasteiger partial charge >= 0.3 is 0 Å². The molecule has 98 valence electrons. The van der Waals surface area contributed by atoms with E-state index in [0.717, 1.165) is 30.6 Å². The van der Waals surface area contributed by atoms with Crippen molar-refractivity contribution in [3.63, 3.8) is 0 Å². The lowest BCUT2D eigenvalue weighted by Crippen LogP contribution is -2.32. The summed E-state index contributed by atoms with van der Waals surface area (Å²) in [5, 5.41) is 0. The van der Waals surface area contributed by atoms with Crippen LogP contribution in [-0.2, 0) is 5.41 Å². The highest BCUT2D eigenvalue weighted by Crippen LogP contribution is 2.44. The number of rotatable bonds is 3. The van der Waals surface area contributed by atoms with Crippen molar-refractivity contribution in [1.82, 2.24) is 0 Å². The zero-order valence-electron chi connectivity index (χ0n) is 11.2. The van der Waals surface area contributed by atoms with Crippen LogP contribution in [0.1, 0.15) is 45.8 Å². The molecule has 1 saturated carbocycles. The van der Waals surface area contributed by atoms with Crippen molar-refractivity contribution >= 4 is 17.1 Å². The van der Waals surface area contributed by atoms with Crippen LogP contribution in [0, 0.1) is 6.92 Å². The number of thiophene rings is 1. The number of carbonyl (C=O) groups excluding carboxylic acids is 1. The molecule has 0 atom stereocenters. The lowest BCUT2D eigenvalue weighted by molar-refractivity contribution is 0.0890. The first-order valence-electron chi connectivity index (χ1n) is 6.89. The van der Waals surface area contributed by atoms with Gasteiger partial charge in [0, 0.05) is 4.88 Å². The lowest BCUT2D eigenvalue weighted by Gasteiger charge is -2.27.